The van der Waals surface area contributed by atoms with Crippen LogP contribution in [0.25, 0.3) is 11.1 Å². The number of carbonyl (C=O) groups is 1. The smallest absolute Gasteiger partial charge is 0.169 e. The van der Waals surface area contributed by atoms with Crippen molar-refractivity contribution < 1.29 is 4.79 Å². The summed E-state index contributed by atoms with van der Waals surface area (Å²) in [6, 6.07) is 18.7. The van der Waals surface area contributed by atoms with Gasteiger partial charge in [-0.2, -0.15) is 0 Å². The summed E-state index contributed by atoms with van der Waals surface area (Å²) in [6.07, 6.45) is 4.18. The lowest BCUT2D eigenvalue weighted by molar-refractivity contribution is 0.111. The van der Waals surface area contributed by atoms with E-state index >= 15 is 0 Å². The quantitative estimate of drug-likeness (QED) is 0.675. The van der Waals surface area contributed by atoms with E-state index in [-0.39, 0.29) is 0 Å². The third-order valence-electron chi connectivity index (χ3n) is 3.20. The van der Waals surface area contributed by atoms with Gasteiger partial charge in [0.25, 0.3) is 0 Å². The molecule has 2 aromatic carbocycles. The number of aldehydes is 1. The molecule has 0 aliphatic rings. The van der Waals surface area contributed by atoms with Gasteiger partial charge in [-0.25, -0.2) is 4.98 Å². The maximum absolute atomic E-state index is 10.6. The second-order valence-corrected chi connectivity index (χ2v) is 4.65. The van der Waals surface area contributed by atoms with Crippen LogP contribution in [0.3, 0.4) is 0 Å². The van der Waals surface area contributed by atoms with Gasteiger partial charge in [-0.05, 0) is 16.7 Å². The van der Waals surface area contributed by atoms with Gasteiger partial charge in [-0.15, -0.1) is 0 Å². The van der Waals surface area contributed by atoms with E-state index in [1.54, 1.807) is 12.5 Å². The van der Waals surface area contributed by atoms with E-state index < -0.39 is 0 Å². The number of hydrogen-bond acceptors (Lipinski definition) is 2. The SMILES string of the molecule is O=Cc1cn(Cc2ccc(-c3ccccc3)cc2)cn1. The van der Waals surface area contributed by atoms with Gasteiger partial charge in [0.15, 0.2) is 6.29 Å². The molecule has 98 valence electrons. The van der Waals surface area contributed by atoms with Gasteiger partial charge >= 0.3 is 0 Å². The standard InChI is InChI=1S/C17H14N2O/c20-12-17-11-19(13-18-17)10-14-6-8-16(9-7-14)15-4-2-1-3-5-15/h1-9,11-13H,10H2. The monoisotopic (exact) mass is 262 g/mol. The number of benzene rings is 2. The summed E-state index contributed by atoms with van der Waals surface area (Å²) in [7, 11) is 0. The fraction of sp³-hybridized carbons (Fsp3) is 0.0588. The molecular formula is C17H14N2O. The van der Waals surface area contributed by atoms with E-state index in [4.69, 9.17) is 0 Å². The summed E-state index contributed by atoms with van der Waals surface area (Å²) in [4.78, 5) is 14.6. The highest BCUT2D eigenvalue weighted by Gasteiger charge is 2.00. The van der Waals surface area contributed by atoms with E-state index in [1.165, 1.54) is 16.7 Å². The minimum atomic E-state index is 0.464. The van der Waals surface area contributed by atoms with Crippen LogP contribution in [0.1, 0.15) is 16.1 Å². The molecule has 3 nitrogen and oxygen atoms in total. The van der Waals surface area contributed by atoms with E-state index in [0.29, 0.717) is 5.69 Å². The van der Waals surface area contributed by atoms with Crippen LogP contribution < -0.4 is 0 Å². The average Bonchev–Trinajstić information content (AvgIpc) is 2.97. The van der Waals surface area contributed by atoms with E-state index in [1.807, 2.05) is 22.8 Å². The summed E-state index contributed by atoms with van der Waals surface area (Å²) >= 11 is 0. The fourth-order valence-electron chi connectivity index (χ4n) is 2.17. The Kier molecular flexibility index (Phi) is 3.42. The summed E-state index contributed by atoms with van der Waals surface area (Å²) in [5, 5.41) is 0. The van der Waals surface area contributed by atoms with Crippen LogP contribution in [0.2, 0.25) is 0 Å². The molecule has 0 aliphatic carbocycles. The Morgan fingerprint density at radius 1 is 0.950 bits per heavy atom. The van der Waals surface area contributed by atoms with Crippen molar-refractivity contribution in [2.24, 2.45) is 0 Å². The zero-order valence-corrected chi connectivity index (χ0v) is 10.9. The third-order valence-corrected chi connectivity index (χ3v) is 3.20. The molecule has 0 aliphatic heterocycles. The Morgan fingerprint density at radius 3 is 2.30 bits per heavy atom. The van der Waals surface area contributed by atoms with Gasteiger partial charge in [0.1, 0.15) is 5.69 Å². The van der Waals surface area contributed by atoms with Crippen molar-refractivity contribution in [3.63, 3.8) is 0 Å². The Labute approximate surface area is 117 Å². The Hall–Kier alpha value is -2.68. The van der Waals surface area contributed by atoms with E-state index in [9.17, 15) is 4.79 Å². The number of nitrogens with zero attached hydrogens (tertiary/aromatic N) is 2. The lowest BCUT2D eigenvalue weighted by Crippen LogP contribution is -1.96. The van der Waals surface area contributed by atoms with E-state index in [2.05, 4.69) is 41.4 Å². The first-order valence-electron chi connectivity index (χ1n) is 6.46. The normalized spacial score (nSPS) is 10.4. The lowest BCUT2D eigenvalue weighted by atomic mass is 10.0. The molecule has 0 atom stereocenters. The number of carbonyl (C=O) groups excluding carboxylic acids is 1. The molecular weight excluding hydrogens is 248 g/mol. The van der Waals surface area contributed by atoms with Crippen LogP contribution in [0.5, 0.6) is 0 Å². The third kappa shape index (κ3) is 2.67. The van der Waals surface area contributed by atoms with Crippen molar-refractivity contribution in [3.8, 4) is 11.1 Å². The Balaban J connectivity index is 1.78. The largest absolute Gasteiger partial charge is 0.332 e. The van der Waals surface area contributed by atoms with Crippen molar-refractivity contribution in [1.82, 2.24) is 9.55 Å². The molecule has 1 heterocycles. The van der Waals surface area contributed by atoms with Crippen LogP contribution in [0, 0.1) is 0 Å². The first kappa shape index (κ1) is 12.4. The van der Waals surface area contributed by atoms with Crippen LogP contribution in [0.4, 0.5) is 0 Å². The highest BCUT2D eigenvalue weighted by molar-refractivity contribution is 5.71. The molecule has 0 amide bonds. The highest BCUT2D eigenvalue weighted by atomic mass is 16.1. The summed E-state index contributed by atoms with van der Waals surface area (Å²) in [5.41, 5.74) is 4.06. The van der Waals surface area contributed by atoms with Gasteiger partial charge in [-0.1, -0.05) is 54.6 Å². The molecule has 0 saturated heterocycles. The lowest BCUT2D eigenvalue weighted by Gasteiger charge is -2.05. The molecule has 3 heteroatoms. The minimum absolute atomic E-state index is 0.464. The zero-order valence-electron chi connectivity index (χ0n) is 10.9. The second-order valence-electron chi connectivity index (χ2n) is 4.65. The predicted octanol–water partition coefficient (Wildman–Crippen LogP) is 3.41. The van der Waals surface area contributed by atoms with Gasteiger partial charge in [-0.3, -0.25) is 4.79 Å². The predicted molar refractivity (Wildman–Crippen MR) is 78.6 cm³/mol. The first-order chi connectivity index (χ1) is 9.85. The topological polar surface area (TPSA) is 34.9 Å². The van der Waals surface area contributed by atoms with Crippen LogP contribution in [0.15, 0.2) is 67.1 Å². The van der Waals surface area contributed by atoms with Crippen molar-refractivity contribution in [1.29, 1.82) is 0 Å². The summed E-state index contributed by atoms with van der Waals surface area (Å²) in [6.45, 7) is 0.718. The molecule has 0 unspecified atom stereocenters. The summed E-state index contributed by atoms with van der Waals surface area (Å²) < 4.78 is 1.90. The number of hydrogen-bond donors (Lipinski definition) is 0. The molecule has 0 fully saturated rings. The molecule has 3 aromatic rings. The van der Waals surface area contributed by atoms with Gasteiger partial charge in [0.05, 0.1) is 6.33 Å². The number of rotatable bonds is 4. The fourth-order valence-corrected chi connectivity index (χ4v) is 2.17. The average molecular weight is 262 g/mol. The maximum Gasteiger partial charge on any atom is 0.169 e. The van der Waals surface area contributed by atoms with E-state index in [0.717, 1.165) is 12.8 Å². The molecule has 0 bridgehead atoms. The summed E-state index contributed by atoms with van der Waals surface area (Å²) in [5.74, 6) is 0. The highest BCUT2D eigenvalue weighted by Crippen LogP contribution is 2.19. The second kappa shape index (κ2) is 5.53. The zero-order chi connectivity index (χ0) is 13.8. The van der Waals surface area contributed by atoms with Crippen LogP contribution >= 0.6 is 0 Å². The molecule has 0 N–H and O–H groups in total. The van der Waals surface area contributed by atoms with Gasteiger partial charge in [0.2, 0.25) is 0 Å². The van der Waals surface area contributed by atoms with Gasteiger partial charge in [0, 0.05) is 12.7 Å². The first-order valence-corrected chi connectivity index (χ1v) is 6.46. The Bertz CT molecular complexity index is 699. The van der Waals surface area contributed by atoms with Crippen molar-refractivity contribution in [2.75, 3.05) is 0 Å². The van der Waals surface area contributed by atoms with Crippen LogP contribution in [-0.4, -0.2) is 15.8 Å². The molecule has 3 rings (SSSR count). The Morgan fingerprint density at radius 2 is 1.65 bits per heavy atom. The minimum Gasteiger partial charge on any atom is -0.332 e. The number of aromatic nitrogens is 2. The molecule has 0 spiro atoms. The van der Waals surface area contributed by atoms with Gasteiger partial charge < -0.3 is 4.57 Å². The number of imidazole rings is 1. The molecule has 20 heavy (non-hydrogen) atoms. The molecule has 1 aromatic heterocycles. The molecule has 0 radical (unpaired) electrons. The van der Waals surface area contributed by atoms with Crippen molar-refractivity contribution in [3.05, 3.63) is 78.4 Å². The maximum atomic E-state index is 10.6. The van der Waals surface area contributed by atoms with Crippen molar-refractivity contribution in [2.45, 2.75) is 6.54 Å². The molecule has 0 saturated carbocycles. The van der Waals surface area contributed by atoms with Crippen molar-refractivity contribution >= 4 is 6.29 Å². The van der Waals surface area contributed by atoms with Crippen LogP contribution in [-0.2, 0) is 6.54 Å².